The smallest absolute Gasteiger partial charge is 0.123 e. The number of aliphatic hydroxyl groups is 1. The summed E-state index contributed by atoms with van der Waals surface area (Å²) in [6, 6.07) is 5.82. The Morgan fingerprint density at radius 2 is 2.28 bits per heavy atom. The standard InChI is InChI=1S/C13H18BrN3O/c1-8-7-17(5-4-12(8)18)9-2-3-10(13(15)16)11(14)6-9/h2-3,6,8,12,18H,4-5,7H2,1H3,(H3,15,16). The predicted molar refractivity (Wildman–Crippen MR) is 77.2 cm³/mol. The normalized spacial score (nSPS) is 24.1. The number of hydrogen-bond acceptors (Lipinski definition) is 3. The van der Waals surface area contributed by atoms with Gasteiger partial charge in [-0.15, -0.1) is 0 Å². The minimum absolute atomic E-state index is 0.0656. The van der Waals surface area contributed by atoms with E-state index in [2.05, 4.69) is 27.8 Å². The van der Waals surface area contributed by atoms with Crippen LogP contribution in [0, 0.1) is 11.3 Å². The molecule has 0 radical (unpaired) electrons. The fourth-order valence-corrected chi connectivity index (χ4v) is 2.87. The fourth-order valence-electron chi connectivity index (χ4n) is 2.29. The van der Waals surface area contributed by atoms with Gasteiger partial charge in [0, 0.05) is 28.8 Å². The molecule has 1 fully saturated rings. The number of nitrogens with two attached hydrogens (primary N) is 1. The molecule has 1 aromatic carbocycles. The molecule has 0 aliphatic carbocycles. The highest BCUT2D eigenvalue weighted by Crippen LogP contribution is 2.27. The van der Waals surface area contributed by atoms with Gasteiger partial charge in [-0.1, -0.05) is 6.92 Å². The van der Waals surface area contributed by atoms with Crippen molar-refractivity contribution in [2.24, 2.45) is 11.7 Å². The molecule has 2 unspecified atom stereocenters. The lowest BCUT2D eigenvalue weighted by atomic mass is 9.96. The van der Waals surface area contributed by atoms with Gasteiger partial charge in [-0.25, -0.2) is 0 Å². The number of aliphatic hydroxyl groups excluding tert-OH is 1. The zero-order valence-electron chi connectivity index (χ0n) is 10.4. The number of nitrogens with zero attached hydrogens (tertiary/aromatic N) is 1. The second-order valence-electron chi connectivity index (χ2n) is 4.86. The van der Waals surface area contributed by atoms with Gasteiger partial charge in [-0.05, 0) is 46.5 Å². The second-order valence-corrected chi connectivity index (χ2v) is 5.71. The largest absolute Gasteiger partial charge is 0.393 e. The molecule has 1 aliphatic rings. The predicted octanol–water partition coefficient (Wildman–Crippen LogP) is 1.94. The van der Waals surface area contributed by atoms with Crippen LogP contribution in [-0.4, -0.2) is 30.1 Å². The Morgan fingerprint density at radius 1 is 1.56 bits per heavy atom. The Balaban J connectivity index is 2.19. The van der Waals surface area contributed by atoms with Crippen LogP contribution in [0.4, 0.5) is 5.69 Å². The summed E-state index contributed by atoms with van der Waals surface area (Å²) in [6.45, 7) is 3.78. The van der Waals surface area contributed by atoms with E-state index in [0.29, 0.717) is 5.56 Å². The average Bonchev–Trinajstić information content (AvgIpc) is 2.32. The molecule has 0 amide bonds. The molecule has 4 nitrogen and oxygen atoms in total. The number of nitrogen functional groups attached to an aromatic ring is 1. The number of rotatable bonds is 2. The van der Waals surface area contributed by atoms with Crippen LogP contribution >= 0.6 is 15.9 Å². The van der Waals surface area contributed by atoms with Crippen LogP contribution in [0.5, 0.6) is 0 Å². The highest BCUT2D eigenvalue weighted by Gasteiger charge is 2.24. The quantitative estimate of drug-likeness (QED) is 0.577. The molecule has 1 saturated heterocycles. The van der Waals surface area contributed by atoms with Gasteiger partial charge in [0.15, 0.2) is 0 Å². The van der Waals surface area contributed by atoms with Gasteiger partial charge >= 0.3 is 0 Å². The highest BCUT2D eigenvalue weighted by molar-refractivity contribution is 9.10. The molecule has 0 saturated carbocycles. The van der Waals surface area contributed by atoms with Crippen LogP contribution < -0.4 is 10.6 Å². The number of nitrogens with one attached hydrogen (secondary N) is 1. The zero-order chi connectivity index (χ0) is 13.3. The zero-order valence-corrected chi connectivity index (χ0v) is 11.9. The van der Waals surface area contributed by atoms with E-state index in [-0.39, 0.29) is 17.9 Å². The molecule has 1 aliphatic heterocycles. The topological polar surface area (TPSA) is 73.3 Å². The number of piperidine rings is 1. The third kappa shape index (κ3) is 2.67. The van der Waals surface area contributed by atoms with E-state index in [1.165, 1.54) is 0 Å². The van der Waals surface area contributed by atoms with Gasteiger partial charge in [0.1, 0.15) is 5.84 Å². The molecular formula is C13H18BrN3O. The molecule has 1 heterocycles. The van der Waals surface area contributed by atoms with Crippen molar-refractivity contribution in [3.05, 3.63) is 28.2 Å². The van der Waals surface area contributed by atoms with E-state index < -0.39 is 0 Å². The van der Waals surface area contributed by atoms with E-state index in [0.717, 1.165) is 29.7 Å². The van der Waals surface area contributed by atoms with E-state index in [9.17, 15) is 5.11 Å². The number of hydrogen-bond donors (Lipinski definition) is 3. The number of amidine groups is 1. The molecule has 0 aromatic heterocycles. The number of halogens is 1. The highest BCUT2D eigenvalue weighted by atomic mass is 79.9. The van der Waals surface area contributed by atoms with Gasteiger partial charge in [-0.3, -0.25) is 5.41 Å². The van der Waals surface area contributed by atoms with Crippen molar-refractivity contribution in [3.8, 4) is 0 Å². The lowest BCUT2D eigenvalue weighted by Gasteiger charge is -2.36. The molecule has 0 bridgehead atoms. The molecule has 0 spiro atoms. The summed E-state index contributed by atoms with van der Waals surface area (Å²) in [7, 11) is 0. The van der Waals surface area contributed by atoms with Crippen molar-refractivity contribution in [1.82, 2.24) is 0 Å². The van der Waals surface area contributed by atoms with E-state index in [1.54, 1.807) is 0 Å². The van der Waals surface area contributed by atoms with Gasteiger partial charge in [0.2, 0.25) is 0 Å². The first-order valence-corrected chi connectivity index (χ1v) is 6.85. The molecule has 98 valence electrons. The summed E-state index contributed by atoms with van der Waals surface area (Å²) >= 11 is 3.44. The van der Waals surface area contributed by atoms with E-state index in [4.69, 9.17) is 11.1 Å². The maximum absolute atomic E-state index is 9.73. The Kier molecular flexibility index (Phi) is 3.92. The van der Waals surface area contributed by atoms with E-state index in [1.807, 2.05) is 18.2 Å². The maximum atomic E-state index is 9.73. The van der Waals surface area contributed by atoms with Crippen molar-refractivity contribution in [3.63, 3.8) is 0 Å². The minimum atomic E-state index is -0.193. The Morgan fingerprint density at radius 3 is 2.83 bits per heavy atom. The van der Waals surface area contributed by atoms with Crippen molar-refractivity contribution in [1.29, 1.82) is 5.41 Å². The molecular weight excluding hydrogens is 294 g/mol. The molecule has 2 atom stereocenters. The van der Waals surface area contributed by atoms with Crippen molar-refractivity contribution < 1.29 is 5.11 Å². The Hall–Kier alpha value is -1.07. The van der Waals surface area contributed by atoms with E-state index >= 15 is 0 Å². The SMILES string of the molecule is CC1CN(c2ccc(C(=N)N)c(Br)c2)CCC1O. The Bertz CT molecular complexity index is 464. The summed E-state index contributed by atoms with van der Waals surface area (Å²) in [4.78, 5) is 2.26. The Labute approximate surface area is 115 Å². The van der Waals surface area contributed by atoms with Gasteiger partial charge in [0.25, 0.3) is 0 Å². The molecule has 4 N–H and O–H groups in total. The van der Waals surface area contributed by atoms with Crippen molar-refractivity contribution >= 4 is 27.5 Å². The van der Waals surface area contributed by atoms with Gasteiger partial charge < -0.3 is 15.7 Å². The van der Waals surface area contributed by atoms with Crippen LogP contribution in [0.2, 0.25) is 0 Å². The lowest BCUT2D eigenvalue weighted by molar-refractivity contribution is 0.0971. The second kappa shape index (κ2) is 5.28. The van der Waals surface area contributed by atoms with Gasteiger partial charge in [-0.2, -0.15) is 0 Å². The summed E-state index contributed by atoms with van der Waals surface area (Å²) in [5.41, 5.74) is 7.30. The number of anilines is 1. The van der Waals surface area contributed by atoms with Crippen molar-refractivity contribution in [2.45, 2.75) is 19.4 Å². The molecule has 5 heteroatoms. The summed E-state index contributed by atoms with van der Waals surface area (Å²) in [6.07, 6.45) is 0.606. The summed E-state index contributed by atoms with van der Waals surface area (Å²) in [5, 5.41) is 17.2. The maximum Gasteiger partial charge on any atom is 0.123 e. The van der Waals surface area contributed by atoms with Crippen LogP contribution in [-0.2, 0) is 0 Å². The van der Waals surface area contributed by atoms with Crippen molar-refractivity contribution in [2.75, 3.05) is 18.0 Å². The van der Waals surface area contributed by atoms with Gasteiger partial charge in [0.05, 0.1) is 6.10 Å². The third-order valence-electron chi connectivity index (χ3n) is 3.47. The minimum Gasteiger partial charge on any atom is -0.393 e. The van der Waals surface area contributed by atoms with Crippen LogP contribution in [0.15, 0.2) is 22.7 Å². The monoisotopic (exact) mass is 311 g/mol. The molecule has 1 aromatic rings. The van der Waals surface area contributed by atoms with Crippen LogP contribution in [0.1, 0.15) is 18.9 Å². The first kappa shape index (κ1) is 13.4. The summed E-state index contributed by atoms with van der Waals surface area (Å²) in [5.74, 6) is 0.348. The first-order valence-electron chi connectivity index (χ1n) is 6.06. The first-order chi connectivity index (χ1) is 8.49. The van der Waals surface area contributed by atoms with Crippen LogP contribution in [0.3, 0.4) is 0 Å². The fraction of sp³-hybridized carbons (Fsp3) is 0.462. The lowest BCUT2D eigenvalue weighted by Crippen LogP contribution is -2.41. The van der Waals surface area contributed by atoms with Crippen LogP contribution in [0.25, 0.3) is 0 Å². The summed E-state index contributed by atoms with van der Waals surface area (Å²) < 4.78 is 0.839. The average molecular weight is 312 g/mol. The molecule has 2 rings (SSSR count). The molecule has 18 heavy (non-hydrogen) atoms. The number of benzene rings is 1. The third-order valence-corrected chi connectivity index (χ3v) is 4.12.